The van der Waals surface area contributed by atoms with Gasteiger partial charge in [0.05, 0.1) is 6.07 Å². The van der Waals surface area contributed by atoms with Gasteiger partial charge in [0.15, 0.2) is 0 Å². The van der Waals surface area contributed by atoms with E-state index in [1.165, 1.54) is 0 Å². The van der Waals surface area contributed by atoms with Crippen LogP contribution in [0.5, 0.6) is 0 Å². The van der Waals surface area contributed by atoms with Gasteiger partial charge in [-0.15, -0.1) is 0 Å². The van der Waals surface area contributed by atoms with Gasteiger partial charge < -0.3 is 15.2 Å². The third kappa shape index (κ3) is 2.41. The number of nitrogens with zero attached hydrogens (tertiary/aromatic N) is 1. The Morgan fingerprint density at radius 2 is 2.23 bits per heavy atom. The Hall–Kier alpha value is -1.12. The van der Waals surface area contributed by atoms with Crippen LogP contribution in [0.1, 0.15) is 12.8 Å². The van der Waals surface area contributed by atoms with Gasteiger partial charge in [-0.25, -0.2) is 0 Å². The lowest BCUT2D eigenvalue weighted by atomic mass is 9.93. The van der Waals surface area contributed by atoms with E-state index in [1.807, 2.05) is 0 Å². The smallest absolute Gasteiger partial charge is 0.252 e. The predicted octanol–water partition coefficient (Wildman–Crippen LogP) is -0.832. The van der Waals surface area contributed by atoms with E-state index in [4.69, 9.17) is 10.00 Å². The van der Waals surface area contributed by atoms with Crippen molar-refractivity contribution in [2.75, 3.05) is 19.8 Å². The van der Waals surface area contributed by atoms with Crippen molar-refractivity contribution in [3.8, 4) is 6.07 Å². The lowest BCUT2D eigenvalue weighted by Crippen LogP contribution is -2.50. The van der Waals surface area contributed by atoms with E-state index < -0.39 is 11.5 Å². The molecule has 1 fully saturated rings. The minimum atomic E-state index is -1.34. The monoisotopic (exact) mass is 184 g/mol. The maximum atomic E-state index is 11.3. The van der Waals surface area contributed by atoms with Crippen molar-refractivity contribution in [2.24, 2.45) is 0 Å². The molecule has 0 aliphatic carbocycles. The third-order valence-electron chi connectivity index (χ3n) is 2.07. The molecule has 0 atom stereocenters. The second-order valence-corrected chi connectivity index (χ2v) is 2.98. The van der Waals surface area contributed by atoms with Crippen LogP contribution < -0.4 is 5.32 Å². The van der Waals surface area contributed by atoms with Crippen molar-refractivity contribution >= 4 is 5.91 Å². The zero-order valence-electron chi connectivity index (χ0n) is 7.25. The summed E-state index contributed by atoms with van der Waals surface area (Å²) >= 11 is 0. The molecule has 1 amide bonds. The van der Waals surface area contributed by atoms with Crippen LogP contribution in [-0.4, -0.2) is 36.4 Å². The van der Waals surface area contributed by atoms with Gasteiger partial charge in [-0.3, -0.25) is 4.79 Å². The number of nitrogens with one attached hydrogen (secondary N) is 1. The molecular weight excluding hydrogens is 172 g/mol. The van der Waals surface area contributed by atoms with Crippen molar-refractivity contribution in [1.82, 2.24) is 5.32 Å². The molecule has 0 radical (unpaired) electrons. The first kappa shape index (κ1) is 9.96. The number of hydrogen-bond acceptors (Lipinski definition) is 4. The normalized spacial score (nSPS) is 20.3. The molecule has 1 saturated heterocycles. The standard InChI is InChI=1S/C8H12N2O3/c9-3-4-10-7(11)8(12)1-5-13-6-2-8/h12H,1-2,4-6H2,(H,10,11). The summed E-state index contributed by atoms with van der Waals surface area (Å²) in [7, 11) is 0. The Bertz CT molecular complexity index is 228. The van der Waals surface area contributed by atoms with E-state index in [0.717, 1.165) is 0 Å². The summed E-state index contributed by atoms with van der Waals surface area (Å²) in [5.74, 6) is -0.475. The highest BCUT2D eigenvalue weighted by Gasteiger charge is 2.37. The number of amides is 1. The molecule has 1 heterocycles. The van der Waals surface area contributed by atoms with E-state index in [0.29, 0.717) is 26.1 Å². The van der Waals surface area contributed by atoms with Crippen LogP contribution in [0.4, 0.5) is 0 Å². The molecule has 72 valence electrons. The largest absolute Gasteiger partial charge is 0.381 e. The number of carbonyl (C=O) groups excluding carboxylic acids is 1. The van der Waals surface area contributed by atoms with Crippen molar-refractivity contribution in [3.05, 3.63) is 0 Å². The Balaban J connectivity index is 2.47. The lowest BCUT2D eigenvalue weighted by molar-refractivity contribution is -0.149. The van der Waals surface area contributed by atoms with Gasteiger partial charge in [0.2, 0.25) is 0 Å². The van der Waals surface area contributed by atoms with Crippen molar-refractivity contribution in [2.45, 2.75) is 18.4 Å². The fourth-order valence-electron chi connectivity index (χ4n) is 1.22. The lowest BCUT2D eigenvalue weighted by Gasteiger charge is -2.30. The molecule has 0 spiro atoms. The summed E-state index contributed by atoms with van der Waals surface area (Å²) in [5, 5.41) is 20.3. The minimum absolute atomic E-state index is 0.0675. The average Bonchev–Trinajstić information content (AvgIpc) is 2.15. The summed E-state index contributed by atoms with van der Waals surface area (Å²) in [5.41, 5.74) is -1.34. The first-order valence-corrected chi connectivity index (χ1v) is 4.14. The molecule has 5 heteroatoms. The summed E-state index contributed by atoms with van der Waals surface area (Å²) in [6, 6.07) is 1.78. The van der Waals surface area contributed by atoms with Crippen molar-refractivity contribution < 1.29 is 14.6 Å². The van der Waals surface area contributed by atoms with Gasteiger partial charge in [-0.1, -0.05) is 0 Å². The molecule has 0 unspecified atom stereocenters. The number of rotatable bonds is 2. The first-order chi connectivity index (χ1) is 6.19. The Kier molecular flexibility index (Phi) is 3.23. The second kappa shape index (κ2) is 4.21. The van der Waals surface area contributed by atoms with Gasteiger partial charge in [0, 0.05) is 26.1 Å². The zero-order valence-corrected chi connectivity index (χ0v) is 7.25. The van der Waals surface area contributed by atoms with Gasteiger partial charge in [-0.2, -0.15) is 5.26 Å². The van der Waals surface area contributed by atoms with Gasteiger partial charge in [-0.05, 0) is 0 Å². The number of aliphatic hydroxyl groups is 1. The van der Waals surface area contributed by atoms with Gasteiger partial charge >= 0.3 is 0 Å². The maximum Gasteiger partial charge on any atom is 0.252 e. The topological polar surface area (TPSA) is 82.4 Å². The summed E-state index contributed by atoms with van der Waals surface area (Å²) in [6.45, 7) is 0.703. The molecule has 1 aliphatic heterocycles. The number of carbonyl (C=O) groups is 1. The zero-order chi connectivity index (χ0) is 9.73. The number of nitriles is 1. The van der Waals surface area contributed by atoms with Crippen molar-refractivity contribution in [1.29, 1.82) is 5.26 Å². The molecule has 0 aromatic carbocycles. The van der Waals surface area contributed by atoms with E-state index >= 15 is 0 Å². The highest BCUT2D eigenvalue weighted by atomic mass is 16.5. The van der Waals surface area contributed by atoms with Gasteiger partial charge in [0.1, 0.15) is 12.1 Å². The molecule has 13 heavy (non-hydrogen) atoms. The predicted molar refractivity (Wildman–Crippen MR) is 43.6 cm³/mol. The maximum absolute atomic E-state index is 11.3. The molecule has 2 N–H and O–H groups in total. The van der Waals surface area contributed by atoms with E-state index in [1.54, 1.807) is 6.07 Å². The second-order valence-electron chi connectivity index (χ2n) is 2.98. The summed E-state index contributed by atoms with van der Waals surface area (Å²) < 4.78 is 5.01. The highest BCUT2D eigenvalue weighted by molar-refractivity contribution is 5.85. The van der Waals surface area contributed by atoms with Gasteiger partial charge in [0.25, 0.3) is 5.91 Å². The van der Waals surface area contributed by atoms with E-state index in [-0.39, 0.29) is 6.54 Å². The van der Waals surface area contributed by atoms with Crippen LogP contribution >= 0.6 is 0 Å². The Morgan fingerprint density at radius 1 is 1.62 bits per heavy atom. The van der Waals surface area contributed by atoms with E-state index in [9.17, 15) is 9.90 Å². The fraction of sp³-hybridized carbons (Fsp3) is 0.750. The van der Waals surface area contributed by atoms with E-state index in [2.05, 4.69) is 5.32 Å². The first-order valence-electron chi connectivity index (χ1n) is 4.14. The summed E-state index contributed by atoms with van der Waals surface area (Å²) in [4.78, 5) is 11.3. The third-order valence-corrected chi connectivity index (χ3v) is 2.07. The highest BCUT2D eigenvalue weighted by Crippen LogP contribution is 2.20. The number of ether oxygens (including phenoxy) is 1. The molecule has 5 nitrogen and oxygen atoms in total. The molecule has 0 saturated carbocycles. The minimum Gasteiger partial charge on any atom is -0.381 e. The molecule has 0 aromatic rings. The molecule has 0 bridgehead atoms. The van der Waals surface area contributed by atoms with Crippen molar-refractivity contribution in [3.63, 3.8) is 0 Å². The quantitative estimate of drug-likeness (QED) is 0.548. The number of hydrogen-bond donors (Lipinski definition) is 2. The SMILES string of the molecule is N#CCNC(=O)C1(O)CCOCC1. The molecule has 1 rings (SSSR count). The fourth-order valence-corrected chi connectivity index (χ4v) is 1.22. The van der Waals surface area contributed by atoms with Crippen LogP contribution in [-0.2, 0) is 9.53 Å². The summed E-state index contributed by atoms with van der Waals surface area (Å²) in [6.07, 6.45) is 0.592. The molecular formula is C8H12N2O3. The van der Waals surface area contributed by atoms with Crippen LogP contribution in [0, 0.1) is 11.3 Å². The van der Waals surface area contributed by atoms with Crippen LogP contribution in [0.25, 0.3) is 0 Å². The Labute approximate surface area is 76.3 Å². The van der Waals surface area contributed by atoms with Crippen LogP contribution in [0.2, 0.25) is 0 Å². The van der Waals surface area contributed by atoms with Crippen LogP contribution in [0.3, 0.4) is 0 Å². The molecule has 1 aliphatic rings. The van der Waals surface area contributed by atoms with Crippen LogP contribution in [0.15, 0.2) is 0 Å². The average molecular weight is 184 g/mol. The Morgan fingerprint density at radius 3 is 2.77 bits per heavy atom. The molecule has 0 aromatic heterocycles.